The minimum Gasteiger partial charge on any atom is -0.372 e. The van der Waals surface area contributed by atoms with Gasteiger partial charge in [-0.05, 0) is 30.2 Å². The minimum absolute atomic E-state index is 0.782. The number of aromatic amines is 1. The van der Waals surface area contributed by atoms with Gasteiger partial charge in [0.1, 0.15) is 5.84 Å². The monoisotopic (exact) mass is 247 g/mol. The number of aryl methyl sites for hydroxylation is 1. The lowest BCUT2D eigenvalue weighted by Crippen LogP contribution is -2.20. The van der Waals surface area contributed by atoms with Crippen LogP contribution in [-0.2, 0) is 6.42 Å². The predicted octanol–water partition coefficient (Wildman–Crippen LogP) is 2.67. The molecule has 0 aliphatic carbocycles. The van der Waals surface area contributed by atoms with Gasteiger partial charge in [-0.15, -0.1) is 0 Å². The van der Waals surface area contributed by atoms with Crippen molar-refractivity contribution in [3.63, 3.8) is 0 Å². The molecule has 1 aromatic heterocycles. The van der Waals surface area contributed by atoms with Crippen LogP contribution in [0.5, 0.6) is 0 Å². The Labute approximate surface area is 105 Å². The molecule has 0 spiro atoms. The van der Waals surface area contributed by atoms with Gasteiger partial charge in [0, 0.05) is 24.5 Å². The highest BCUT2D eigenvalue weighted by Crippen LogP contribution is 2.28. The van der Waals surface area contributed by atoms with E-state index in [1.54, 1.807) is 0 Å². The van der Waals surface area contributed by atoms with Gasteiger partial charge in [0.05, 0.1) is 17.1 Å². The molecule has 0 amide bonds. The molecule has 0 radical (unpaired) electrons. The molecular weight excluding hydrogens is 234 g/mol. The highest BCUT2D eigenvalue weighted by molar-refractivity contribution is 6.35. The summed E-state index contributed by atoms with van der Waals surface area (Å²) in [6.45, 7) is 3.97. The zero-order valence-corrected chi connectivity index (χ0v) is 10.4. The Balaban J connectivity index is 2.06. The molecule has 1 aromatic carbocycles. The van der Waals surface area contributed by atoms with Crippen molar-refractivity contribution in [2.75, 3.05) is 13.1 Å². The molecule has 1 aliphatic rings. The van der Waals surface area contributed by atoms with E-state index in [1.807, 2.05) is 12.3 Å². The summed E-state index contributed by atoms with van der Waals surface area (Å²) in [7, 11) is 0. The van der Waals surface area contributed by atoms with Crippen LogP contribution in [0.4, 0.5) is 0 Å². The first-order valence-electron chi connectivity index (χ1n) is 5.78. The molecule has 0 atom stereocenters. The molecule has 2 N–H and O–H groups in total. The Morgan fingerprint density at radius 3 is 3.12 bits per heavy atom. The van der Waals surface area contributed by atoms with Gasteiger partial charge in [0.2, 0.25) is 0 Å². The van der Waals surface area contributed by atoms with Gasteiger partial charge in [-0.1, -0.05) is 11.6 Å². The minimum atomic E-state index is 0.782. The molecule has 0 unspecified atom stereocenters. The molecule has 88 valence electrons. The summed E-state index contributed by atoms with van der Waals surface area (Å²) in [5, 5.41) is 5.27. The van der Waals surface area contributed by atoms with E-state index in [2.05, 4.69) is 28.3 Å². The second-order valence-corrected chi connectivity index (χ2v) is 4.75. The van der Waals surface area contributed by atoms with Crippen LogP contribution < -0.4 is 5.32 Å². The number of benzene rings is 1. The molecular formula is C13H14ClN3. The molecule has 3 rings (SSSR count). The Hall–Kier alpha value is -1.48. The maximum absolute atomic E-state index is 6.27. The summed E-state index contributed by atoms with van der Waals surface area (Å²) in [5.41, 5.74) is 3.55. The van der Waals surface area contributed by atoms with Crippen LogP contribution in [0.25, 0.3) is 10.9 Å². The molecule has 0 saturated carbocycles. The number of halogens is 1. The Bertz CT molecular complexity index is 598. The molecule has 0 bridgehead atoms. The van der Waals surface area contributed by atoms with Crippen LogP contribution in [0.15, 0.2) is 23.3 Å². The third kappa shape index (κ3) is 1.80. The lowest BCUT2D eigenvalue weighted by atomic mass is 10.0. The van der Waals surface area contributed by atoms with Crippen LogP contribution in [0, 0.1) is 6.92 Å². The Kier molecular flexibility index (Phi) is 2.56. The van der Waals surface area contributed by atoms with Crippen LogP contribution >= 0.6 is 11.6 Å². The highest BCUT2D eigenvalue weighted by atomic mass is 35.5. The van der Waals surface area contributed by atoms with Crippen LogP contribution in [-0.4, -0.2) is 23.9 Å². The van der Waals surface area contributed by atoms with E-state index < -0.39 is 0 Å². The molecule has 2 heterocycles. The number of amidine groups is 1. The number of aliphatic imine (C=N–C) groups is 1. The number of H-pyrrole nitrogens is 1. The number of fused-ring (bicyclic) bond motifs is 1. The van der Waals surface area contributed by atoms with E-state index in [1.165, 1.54) is 16.5 Å². The number of nitrogens with zero attached hydrogens (tertiary/aromatic N) is 1. The summed E-state index contributed by atoms with van der Waals surface area (Å²) >= 11 is 6.27. The fourth-order valence-corrected chi connectivity index (χ4v) is 2.60. The normalized spacial score (nSPS) is 15.1. The smallest absolute Gasteiger partial charge is 0.101 e. The largest absolute Gasteiger partial charge is 0.372 e. The van der Waals surface area contributed by atoms with Crippen LogP contribution in [0.3, 0.4) is 0 Å². The topological polar surface area (TPSA) is 40.2 Å². The van der Waals surface area contributed by atoms with Crippen LogP contribution in [0.1, 0.15) is 11.1 Å². The molecule has 2 aromatic rings. The first kappa shape index (κ1) is 10.7. The average molecular weight is 248 g/mol. The Morgan fingerprint density at radius 1 is 1.47 bits per heavy atom. The van der Waals surface area contributed by atoms with Gasteiger partial charge in [0.25, 0.3) is 0 Å². The van der Waals surface area contributed by atoms with Gasteiger partial charge < -0.3 is 10.3 Å². The molecule has 4 heteroatoms. The van der Waals surface area contributed by atoms with Crippen molar-refractivity contribution < 1.29 is 0 Å². The summed E-state index contributed by atoms with van der Waals surface area (Å²) < 4.78 is 0. The summed E-state index contributed by atoms with van der Waals surface area (Å²) in [6.07, 6.45) is 2.77. The molecule has 17 heavy (non-hydrogen) atoms. The zero-order chi connectivity index (χ0) is 11.8. The lowest BCUT2D eigenvalue weighted by molar-refractivity contribution is 0.953. The van der Waals surface area contributed by atoms with Crippen molar-refractivity contribution in [3.05, 3.63) is 34.5 Å². The fraction of sp³-hybridized carbons (Fsp3) is 0.308. The van der Waals surface area contributed by atoms with Crippen molar-refractivity contribution in [1.29, 1.82) is 0 Å². The maximum Gasteiger partial charge on any atom is 0.101 e. The van der Waals surface area contributed by atoms with E-state index in [9.17, 15) is 0 Å². The Morgan fingerprint density at radius 2 is 2.35 bits per heavy atom. The first-order valence-corrected chi connectivity index (χ1v) is 6.16. The van der Waals surface area contributed by atoms with Gasteiger partial charge in [-0.25, -0.2) is 0 Å². The average Bonchev–Trinajstić information content (AvgIpc) is 2.96. The standard InChI is InChI=1S/C13H14ClN3/c1-8-9(7-12-15-4-5-16-12)6-11(14)13-10(8)2-3-17-13/h2-3,6,17H,4-5,7H2,1H3,(H,15,16). The van der Waals surface area contributed by atoms with Gasteiger partial charge in [0.15, 0.2) is 0 Å². The van der Waals surface area contributed by atoms with Crippen molar-refractivity contribution in [3.8, 4) is 0 Å². The lowest BCUT2D eigenvalue weighted by Gasteiger charge is -2.09. The third-order valence-electron chi connectivity index (χ3n) is 3.27. The molecule has 0 saturated heterocycles. The summed E-state index contributed by atoms with van der Waals surface area (Å²) in [6, 6.07) is 4.11. The van der Waals surface area contributed by atoms with Gasteiger partial charge >= 0.3 is 0 Å². The number of hydrogen-bond acceptors (Lipinski definition) is 2. The van der Waals surface area contributed by atoms with Gasteiger partial charge in [-0.2, -0.15) is 0 Å². The van der Waals surface area contributed by atoms with E-state index in [0.717, 1.165) is 35.9 Å². The van der Waals surface area contributed by atoms with E-state index >= 15 is 0 Å². The zero-order valence-electron chi connectivity index (χ0n) is 9.68. The number of hydrogen-bond donors (Lipinski definition) is 2. The SMILES string of the molecule is Cc1c(CC2=NCCN2)cc(Cl)c2[nH]ccc12. The first-order chi connectivity index (χ1) is 8.25. The van der Waals surface area contributed by atoms with Crippen molar-refractivity contribution >= 4 is 28.3 Å². The van der Waals surface area contributed by atoms with E-state index in [-0.39, 0.29) is 0 Å². The second kappa shape index (κ2) is 4.08. The number of nitrogens with one attached hydrogen (secondary N) is 2. The summed E-state index contributed by atoms with van der Waals surface area (Å²) in [4.78, 5) is 7.60. The predicted molar refractivity (Wildman–Crippen MR) is 72.1 cm³/mol. The van der Waals surface area contributed by atoms with Crippen molar-refractivity contribution in [1.82, 2.24) is 10.3 Å². The van der Waals surface area contributed by atoms with E-state index in [4.69, 9.17) is 11.6 Å². The maximum atomic E-state index is 6.27. The molecule has 1 aliphatic heterocycles. The molecule has 0 fully saturated rings. The summed E-state index contributed by atoms with van der Waals surface area (Å²) in [5.74, 6) is 1.07. The quantitative estimate of drug-likeness (QED) is 0.842. The van der Waals surface area contributed by atoms with Crippen LogP contribution in [0.2, 0.25) is 5.02 Å². The number of aromatic nitrogens is 1. The molecule has 3 nitrogen and oxygen atoms in total. The van der Waals surface area contributed by atoms with Gasteiger partial charge in [-0.3, -0.25) is 4.99 Å². The third-order valence-corrected chi connectivity index (χ3v) is 3.57. The fourth-order valence-electron chi connectivity index (χ4n) is 2.32. The number of rotatable bonds is 2. The van der Waals surface area contributed by atoms with Crippen molar-refractivity contribution in [2.45, 2.75) is 13.3 Å². The second-order valence-electron chi connectivity index (χ2n) is 4.34. The highest BCUT2D eigenvalue weighted by Gasteiger charge is 2.12. The van der Waals surface area contributed by atoms with E-state index in [0.29, 0.717) is 0 Å². The van der Waals surface area contributed by atoms with Crippen molar-refractivity contribution in [2.24, 2.45) is 4.99 Å².